The number of halogens is 3. The Morgan fingerprint density at radius 2 is 1.59 bits per heavy atom. The van der Waals surface area contributed by atoms with Crippen LogP contribution in [-0.2, 0) is 14.3 Å². The predicted molar refractivity (Wildman–Crippen MR) is 237 cm³/mol. The zero-order chi connectivity index (χ0) is 45.0. The third-order valence-corrected chi connectivity index (χ3v) is 16.3. The van der Waals surface area contributed by atoms with Crippen molar-refractivity contribution in [1.82, 2.24) is 19.8 Å². The van der Waals surface area contributed by atoms with E-state index in [1.54, 1.807) is 28.0 Å². The van der Waals surface area contributed by atoms with E-state index in [9.17, 15) is 19.5 Å². The van der Waals surface area contributed by atoms with Crippen molar-refractivity contribution in [1.29, 1.82) is 0 Å². The molecule has 5 atom stereocenters. The van der Waals surface area contributed by atoms with Crippen LogP contribution in [0, 0.1) is 23.4 Å². The van der Waals surface area contributed by atoms with E-state index in [0.29, 0.717) is 80.0 Å². The van der Waals surface area contributed by atoms with Gasteiger partial charge >= 0.3 is 12.2 Å². The highest BCUT2D eigenvalue weighted by atomic mass is 28.3. The topological polar surface area (TPSA) is 144 Å². The van der Waals surface area contributed by atoms with Crippen LogP contribution in [0.1, 0.15) is 88.0 Å². The summed E-state index contributed by atoms with van der Waals surface area (Å²) < 4.78 is 60.1. The van der Waals surface area contributed by atoms with Crippen LogP contribution < -0.4 is 15.1 Å². The van der Waals surface area contributed by atoms with Crippen molar-refractivity contribution in [3.05, 3.63) is 82.9 Å². The first-order chi connectivity index (χ1) is 29.9. The third kappa shape index (κ3) is 9.22. The molecule has 0 unspecified atom stereocenters. The Hall–Kier alpha value is -5.29. The van der Waals surface area contributed by atoms with E-state index in [4.69, 9.17) is 14.5 Å². The molecule has 8 rings (SSSR count). The number of H-pyrrole nitrogens is 1. The SMILES string of the molecule is COC[C@H]1C[C@@H](C(=O)Nc2ccc([C@H]3CC[C@H](c4cc5[nH]c([C@@H]6CCCN6C(=O)OC(C)(C)C)nc5cc4F)N3c3cc(F)c(N4CC[Si](C)(C)CC4)c(F)c3)cc2)N(C(=O)O)C1. The maximum Gasteiger partial charge on any atom is 0.410 e. The van der Waals surface area contributed by atoms with Gasteiger partial charge in [0.1, 0.15) is 29.0 Å². The Kier molecular flexibility index (Phi) is 12.2. The van der Waals surface area contributed by atoms with Crippen molar-refractivity contribution in [2.45, 2.75) is 108 Å². The van der Waals surface area contributed by atoms with Gasteiger partial charge in [0, 0.05) is 62.2 Å². The number of anilines is 3. The number of aromatic amines is 1. The Morgan fingerprint density at radius 1 is 0.905 bits per heavy atom. The summed E-state index contributed by atoms with van der Waals surface area (Å²) in [6, 6.07) is 12.4. The maximum absolute atomic E-state index is 16.5. The number of amides is 3. The first-order valence-electron chi connectivity index (χ1n) is 22.0. The second-order valence-corrected chi connectivity index (χ2v) is 24.7. The molecule has 338 valence electrons. The Morgan fingerprint density at radius 3 is 2.24 bits per heavy atom. The molecular formula is C46H58F3N7O6Si. The van der Waals surface area contributed by atoms with Gasteiger partial charge in [-0.2, -0.15) is 0 Å². The van der Waals surface area contributed by atoms with Gasteiger partial charge in [-0.25, -0.2) is 27.7 Å². The molecular weight excluding hydrogens is 832 g/mol. The number of imidazole rings is 1. The highest BCUT2D eigenvalue weighted by Gasteiger charge is 2.42. The number of methoxy groups -OCH3 is 1. The number of benzene rings is 3. The largest absolute Gasteiger partial charge is 0.465 e. The first-order valence-corrected chi connectivity index (χ1v) is 25.4. The van der Waals surface area contributed by atoms with Gasteiger partial charge in [0.15, 0.2) is 11.6 Å². The summed E-state index contributed by atoms with van der Waals surface area (Å²) >= 11 is 0. The summed E-state index contributed by atoms with van der Waals surface area (Å²) in [5.41, 5.74) is 2.10. The van der Waals surface area contributed by atoms with Gasteiger partial charge in [-0.15, -0.1) is 0 Å². The van der Waals surface area contributed by atoms with Gasteiger partial charge in [0.25, 0.3) is 0 Å². The lowest BCUT2D eigenvalue weighted by Crippen LogP contribution is -2.43. The summed E-state index contributed by atoms with van der Waals surface area (Å²) in [4.78, 5) is 53.0. The second kappa shape index (κ2) is 17.4. The number of ether oxygens (including phenoxy) is 2. The minimum atomic E-state index is -1.42. The number of hydrogen-bond acceptors (Lipinski definition) is 8. The van der Waals surface area contributed by atoms with Gasteiger partial charge in [-0.1, -0.05) is 25.2 Å². The van der Waals surface area contributed by atoms with Crippen molar-refractivity contribution in [2.24, 2.45) is 5.92 Å². The number of likely N-dealkylation sites (tertiary alicyclic amines) is 2. The summed E-state index contributed by atoms with van der Waals surface area (Å²) in [6.07, 6.45) is 1.11. The standard InChI is InChI=1S/C46H58F3N7O6Si/c1-46(2,3)62-45(60)54-15-7-8-39(54)42-51-35-23-31(32(47)24-36(35)52-42)38-14-13-37(56(38)30-21-33(48)41(34(49)22-30)53-16-18-63(5,6)19-17-53)28-9-11-29(12-10-28)50-43(57)40-20-27(26-61-4)25-55(40)44(58)59/h9-12,21-24,27,37-40H,7-8,13-20,25-26H2,1-6H3,(H,50,57)(H,51,52)(H,58,59)/t27-,37+,38+,39-,40-/m0/s1. The van der Waals surface area contributed by atoms with Gasteiger partial charge < -0.3 is 34.7 Å². The van der Waals surface area contributed by atoms with Crippen LogP contribution in [0.4, 0.5) is 39.8 Å². The minimum Gasteiger partial charge on any atom is -0.465 e. The Labute approximate surface area is 366 Å². The lowest BCUT2D eigenvalue weighted by Gasteiger charge is -2.38. The van der Waals surface area contributed by atoms with E-state index >= 15 is 13.2 Å². The Balaban J connectivity index is 1.11. The average molecular weight is 890 g/mol. The fraction of sp³-hybridized carbons (Fsp3) is 0.522. The quantitative estimate of drug-likeness (QED) is 0.140. The van der Waals surface area contributed by atoms with E-state index < -0.39 is 67.3 Å². The molecule has 4 saturated heterocycles. The number of hydrogen-bond donors (Lipinski definition) is 3. The van der Waals surface area contributed by atoms with Crippen LogP contribution in [0.3, 0.4) is 0 Å². The van der Waals surface area contributed by atoms with Crippen LogP contribution in [-0.4, -0.2) is 103 Å². The molecule has 4 fully saturated rings. The van der Waals surface area contributed by atoms with E-state index in [2.05, 4.69) is 23.4 Å². The molecule has 3 amide bonds. The van der Waals surface area contributed by atoms with Crippen LogP contribution in [0.25, 0.3) is 11.0 Å². The molecule has 4 aliphatic rings. The van der Waals surface area contributed by atoms with Crippen molar-refractivity contribution in [3.8, 4) is 0 Å². The monoisotopic (exact) mass is 889 g/mol. The molecule has 0 spiro atoms. The van der Waals surface area contributed by atoms with E-state index in [-0.39, 0.29) is 29.9 Å². The van der Waals surface area contributed by atoms with Gasteiger partial charge in [0.05, 0.1) is 43.8 Å². The van der Waals surface area contributed by atoms with Crippen molar-refractivity contribution < 1.29 is 42.1 Å². The zero-order valence-corrected chi connectivity index (χ0v) is 37.8. The third-order valence-electron chi connectivity index (χ3n) is 13.2. The summed E-state index contributed by atoms with van der Waals surface area (Å²) in [5, 5.41) is 12.6. The number of carboxylic acid groups (broad SMARTS) is 1. The molecule has 13 nitrogen and oxygen atoms in total. The fourth-order valence-electron chi connectivity index (χ4n) is 9.97. The van der Waals surface area contributed by atoms with Crippen LogP contribution >= 0.6 is 0 Å². The lowest BCUT2D eigenvalue weighted by molar-refractivity contribution is -0.119. The highest BCUT2D eigenvalue weighted by molar-refractivity contribution is 6.77. The number of nitrogens with one attached hydrogen (secondary N) is 2. The van der Waals surface area contributed by atoms with Crippen molar-refractivity contribution >= 4 is 54.3 Å². The Bertz CT molecular complexity index is 2340. The highest BCUT2D eigenvalue weighted by Crippen LogP contribution is 2.49. The van der Waals surface area contributed by atoms with E-state index in [1.165, 1.54) is 25.3 Å². The zero-order valence-electron chi connectivity index (χ0n) is 36.8. The normalized spacial score (nSPS) is 23.8. The van der Waals surface area contributed by atoms with Crippen molar-refractivity contribution in [3.63, 3.8) is 0 Å². The molecule has 0 radical (unpaired) electrons. The van der Waals surface area contributed by atoms with Gasteiger partial charge in [-0.05, 0) is 101 Å². The average Bonchev–Trinajstić information content (AvgIpc) is 4.03. The number of fused-ring (bicyclic) bond motifs is 1. The summed E-state index contributed by atoms with van der Waals surface area (Å²) in [5.74, 6) is -1.90. The van der Waals surface area contributed by atoms with Gasteiger partial charge in [-0.3, -0.25) is 14.6 Å². The minimum absolute atomic E-state index is 0.0437. The van der Waals surface area contributed by atoms with Crippen LogP contribution in [0.15, 0.2) is 48.5 Å². The molecule has 0 aliphatic carbocycles. The van der Waals surface area contributed by atoms with Crippen LogP contribution in [0.2, 0.25) is 25.2 Å². The van der Waals surface area contributed by atoms with Crippen LogP contribution in [0.5, 0.6) is 0 Å². The number of nitrogens with zero attached hydrogens (tertiary/aromatic N) is 5. The number of carbonyl (C=O) groups is 3. The fourth-order valence-corrected chi connectivity index (χ4v) is 12.0. The molecule has 4 aliphatic heterocycles. The van der Waals surface area contributed by atoms with Crippen molar-refractivity contribution in [2.75, 3.05) is 55.0 Å². The number of carbonyl (C=O) groups excluding carboxylic acids is 2. The van der Waals surface area contributed by atoms with Gasteiger partial charge in [0.2, 0.25) is 5.91 Å². The second-order valence-electron chi connectivity index (χ2n) is 19.4. The molecule has 3 N–H and O–H groups in total. The number of aromatic nitrogens is 2. The maximum atomic E-state index is 16.5. The molecule has 0 bridgehead atoms. The summed E-state index contributed by atoms with van der Waals surface area (Å²) in [7, 11) is 0.117. The van der Waals surface area contributed by atoms with E-state index in [1.807, 2.05) is 37.8 Å². The predicted octanol–water partition coefficient (Wildman–Crippen LogP) is 9.62. The first kappa shape index (κ1) is 44.3. The molecule has 63 heavy (non-hydrogen) atoms. The lowest BCUT2D eigenvalue weighted by atomic mass is 10.0. The molecule has 4 aromatic rings. The molecule has 0 saturated carbocycles. The molecule has 5 heterocycles. The summed E-state index contributed by atoms with van der Waals surface area (Å²) in [6.45, 7) is 12.2. The smallest absolute Gasteiger partial charge is 0.410 e. The van der Waals surface area contributed by atoms with E-state index in [0.717, 1.165) is 29.0 Å². The number of rotatable bonds is 9. The molecule has 3 aromatic carbocycles. The molecule has 17 heteroatoms. The molecule has 1 aromatic heterocycles.